The van der Waals surface area contributed by atoms with Crippen molar-refractivity contribution in [1.82, 2.24) is 0 Å². The summed E-state index contributed by atoms with van der Waals surface area (Å²) in [6.45, 7) is 20.6. The first-order chi connectivity index (χ1) is 13.4. The molecule has 4 aliphatic carbocycles. The van der Waals surface area contributed by atoms with Gasteiger partial charge >= 0.3 is 0 Å². The summed E-state index contributed by atoms with van der Waals surface area (Å²) in [7, 11) is 0. The molecular formula is C28H48. The zero-order valence-electron chi connectivity index (χ0n) is 19.7. The van der Waals surface area contributed by atoms with Gasteiger partial charge in [0.25, 0.3) is 0 Å². The molecule has 0 saturated heterocycles. The summed E-state index contributed by atoms with van der Waals surface area (Å²) in [6.07, 6.45) is 17.8. The minimum Gasteiger partial charge on any atom is -0.103 e. The van der Waals surface area contributed by atoms with Gasteiger partial charge < -0.3 is 0 Å². The molecule has 4 aliphatic rings. The van der Waals surface area contributed by atoms with Crippen LogP contribution in [-0.2, 0) is 0 Å². The molecular weight excluding hydrogens is 336 g/mol. The molecule has 0 nitrogen and oxygen atoms in total. The molecule has 7 unspecified atom stereocenters. The third-order valence-corrected chi connectivity index (χ3v) is 10.1. The van der Waals surface area contributed by atoms with Crippen LogP contribution in [0.15, 0.2) is 24.8 Å². The minimum absolute atomic E-state index is 0.572. The Hall–Kier alpha value is -0.520. The maximum Gasteiger partial charge on any atom is -0.0138 e. The van der Waals surface area contributed by atoms with E-state index in [1.54, 1.807) is 5.57 Å². The van der Waals surface area contributed by atoms with Gasteiger partial charge in [0.05, 0.1) is 0 Å². The molecule has 0 aromatic rings. The number of hydrogen-bond donors (Lipinski definition) is 0. The second-order valence-corrected chi connectivity index (χ2v) is 11.1. The van der Waals surface area contributed by atoms with Crippen LogP contribution in [0.3, 0.4) is 0 Å². The van der Waals surface area contributed by atoms with Gasteiger partial charge in [0.2, 0.25) is 0 Å². The van der Waals surface area contributed by atoms with E-state index >= 15 is 0 Å². The smallest absolute Gasteiger partial charge is 0.0138 e. The third-order valence-electron chi connectivity index (χ3n) is 10.1. The fourth-order valence-corrected chi connectivity index (χ4v) is 8.71. The fraction of sp³-hybridized carbons (Fsp3) is 0.857. The SMILES string of the molecule is C=CCC[C@@H](C)C1CCC2C3C(=C)CC4CCCCC4(C)C3CCC21C.CC. The molecule has 4 fully saturated rings. The van der Waals surface area contributed by atoms with Crippen molar-refractivity contribution in [3.8, 4) is 0 Å². The summed E-state index contributed by atoms with van der Waals surface area (Å²) in [5.41, 5.74) is 2.86. The largest absolute Gasteiger partial charge is 0.103 e. The van der Waals surface area contributed by atoms with Gasteiger partial charge in [-0.25, -0.2) is 0 Å². The van der Waals surface area contributed by atoms with Crippen LogP contribution >= 0.6 is 0 Å². The second-order valence-electron chi connectivity index (χ2n) is 11.1. The Morgan fingerprint density at radius 3 is 2.43 bits per heavy atom. The average Bonchev–Trinajstić information content (AvgIpc) is 3.05. The summed E-state index contributed by atoms with van der Waals surface area (Å²) in [6, 6.07) is 0. The van der Waals surface area contributed by atoms with Crippen molar-refractivity contribution in [3.63, 3.8) is 0 Å². The van der Waals surface area contributed by atoms with Crippen LogP contribution in [0.25, 0.3) is 0 Å². The molecule has 0 aromatic heterocycles. The molecule has 0 heteroatoms. The Bertz CT molecular complexity index is 558. The van der Waals surface area contributed by atoms with Gasteiger partial charge in [-0.2, -0.15) is 0 Å². The standard InChI is InChI=1S/C26H42.C2H6/c1-6-7-10-18(2)21-12-13-22-24-19(3)17-20-11-8-9-15-25(20,4)23(24)14-16-26(21,22)5;1-2/h6,18,20-24H,1,3,7-17H2,2,4-5H3;1-2H3/t18-,20?,21?,22?,23?,24?,25?,26?;/m1./s1. The molecule has 0 aliphatic heterocycles. The van der Waals surface area contributed by atoms with E-state index in [-0.39, 0.29) is 0 Å². The third kappa shape index (κ3) is 3.45. The van der Waals surface area contributed by atoms with Gasteiger partial charge in [0.1, 0.15) is 0 Å². The van der Waals surface area contributed by atoms with E-state index in [2.05, 4.69) is 33.4 Å². The van der Waals surface area contributed by atoms with Gasteiger partial charge in [-0.3, -0.25) is 0 Å². The van der Waals surface area contributed by atoms with Gasteiger partial charge in [-0.05, 0) is 104 Å². The lowest BCUT2D eigenvalue weighted by molar-refractivity contribution is -0.0895. The Kier molecular flexibility index (Phi) is 6.88. The summed E-state index contributed by atoms with van der Waals surface area (Å²) in [5, 5.41) is 0. The molecule has 0 spiro atoms. The molecule has 4 rings (SSSR count). The molecule has 0 radical (unpaired) electrons. The molecule has 0 aromatic carbocycles. The Morgan fingerprint density at radius 2 is 1.71 bits per heavy atom. The van der Waals surface area contributed by atoms with E-state index in [1.807, 2.05) is 13.8 Å². The van der Waals surface area contributed by atoms with Gasteiger partial charge in [0, 0.05) is 0 Å². The van der Waals surface area contributed by atoms with Crippen LogP contribution in [0.1, 0.15) is 105 Å². The van der Waals surface area contributed by atoms with Crippen LogP contribution in [0.4, 0.5) is 0 Å². The van der Waals surface area contributed by atoms with Crippen LogP contribution in [0.2, 0.25) is 0 Å². The van der Waals surface area contributed by atoms with E-state index in [0.29, 0.717) is 10.8 Å². The number of rotatable bonds is 4. The first kappa shape index (κ1) is 22.2. The number of allylic oxidation sites excluding steroid dienone is 2. The summed E-state index contributed by atoms with van der Waals surface area (Å²) < 4.78 is 0. The first-order valence-corrected chi connectivity index (χ1v) is 12.7. The lowest BCUT2D eigenvalue weighted by Gasteiger charge is -2.61. The maximum absolute atomic E-state index is 4.72. The van der Waals surface area contributed by atoms with Gasteiger partial charge in [0.15, 0.2) is 0 Å². The highest BCUT2D eigenvalue weighted by Crippen LogP contribution is 2.69. The van der Waals surface area contributed by atoms with Crippen LogP contribution in [0, 0.1) is 46.3 Å². The fourth-order valence-electron chi connectivity index (χ4n) is 8.71. The first-order valence-electron chi connectivity index (χ1n) is 12.7. The Morgan fingerprint density at radius 1 is 1.00 bits per heavy atom. The summed E-state index contributed by atoms with van der Waals surface area (Å²) in [4.78, 5) is 0. The van der Waals surface area contributed by atoms with E-state index in [9.17, 15) is 0 Å². The summed E-state index contributed by atoms with van der Waals surface area (Å²) in [5.74, 6) is 5.43. The summed E-state index contributed by atoms with van der Waals surface area (Å²) >= 11 is 0. The number of fused-ring (bicyclic) bond motifs is 5. The van der Waals surface area contributed by atoms with Gasteiger partial charge in [-0.15, -0.1) is 6.58 Å². The van der Waals surface area contributed by atoms with E-state index in [1.165, 1.54) is 70.6 Å². The second kappa shape index (κ2) is 8.69. The molecule has 0 heterocycles. The van der Waals surface area contributed by atoms with Crippen molar-refractivity contribution in [2.75, 3.05) is 0 Å². The molecule has 160 valence electrons. The molecule has 8 atom stereocenters. The van der Waals surface area contributed by atoms with Crippen molar-refractivity contribution in [3.05, 3.63) is 24.8 Å². The van der Waals surface area contributed by atoms with Crippen molar-refractivity contribution in [1.29, 1.82) is 0 Å². The van der Waals surface area contributed by atoms with E-state index in [0.717, 1.165) is 35.5 Å². The lowest BCUT2D eigenvalue weighted by atomic mass is 9.43. The highest BCUT2D eigenvalue weighted by atomic mass is 14.7. The zero-order valence-corrected chi connectivity index (χ0v) is 19.7. The lowest BCUT2D eigenvalue weighted by Crippen LogP contribution is -2.53. The predicted octanol–water partition coefficient (Wildman–Crippen LogP) is 8.83. The molecule has 0 amide bonds. The number of hydrogen-bond acceptors (Lipinski definition) is 0. The molecule has 0 bridgehead atoms. The van der Waals surface area contributed by atoms with E-state index < -0.39 is 0 Å². The monoisotopic (exact) mass is 384 g/mol. The normalized spacial score (nSPS) is 45.8. The van der Waals surface area contributed by atoms with Crippen LogP contribution < -0.4 is 0 Å². The van der Waals surface area contributed by atoms with Crippen molar-refractivity contribution in [2.24, 2.45) is 46.3 Å². The molecule has 4 saturated carbocycles. The topological polar surface area (TPSA) is 0 Å². The van der Waals surface area contributed by atoms with Gasteiger partial charge in [-0.1, -0.05) is 65.7 Å². The Balaban J connectivity index is 0.00000109. The zero-order chi connectivity index (χ0) is 20.5. The van der Waals surface area contributed by atoms with E-state index in [4.69, 9.17) is 6.58 Å². The molecule has 28 heavy (non-hydrogen) atoms. The maximum atomic E-state index is 4.72. The van der Waals surface area contributed by atoms with Crippen molar-refractivity contribution in [2.45, 2.75) is 105 Å². The highest BCUT2D eigenvalue weighted by molar-refractivity contribution is 5.21. The highest BCUT2D eigenvalue weighted by Gasteiger charge is 2.60. The quantitative estimate of drug-likeness (QED) is 0.425. The van der Waals surface area contributed by atoms with Crippen molar-refractivity contribution < 1.29 is 0 Å². The Labute approximate surface area is 176 Å². The average molecular weight is 385 g/mol. The predicted molar refractivity (Wildman–Crippen MR) is 124 cm³/mol. The van der Waals surface area contributed by atoms with Crippen LogP contribution in [0.5, 0.6) is 0 Å². The van der Waals surface area contributed by atoms with Crippen LogP contribution in [-0.4, -0.2) is 0 Å². The van der Waals surface area contributed by atoms with Crippen molar-refractivity contribution >= 4 is 0 Å². The molecule has 0 N–H and O–H groups in total. The minimum atomic E-state index is 0.572.